The predicted octanol–water partition coefficient (Wildman–Crippen LogP) is 4.01. The predicted molar refractivity (Wildman–Crippen MR) is 108 cm³/mol. The molecule has 5 nitrogen and oxygen atoms in total. The van der Waals surface area contributed by atoms with Gasteiger partial charge in [0.1, 0.15) is 23.0 Å². The van der Waals surface area contributed by atoms with Crippen molar-refractivity contribution in [2.45, 2.75) is 0 Å². The Bertz CT molecular complexity index is 930. The van der Waals surface area contributed by atoms with E-state index in [1.807, 2.05) is 42.5 Å². The van der Waals surface area contributed by atoms with E-state index in [-0.39, 0.29) is 36.5 Å². The lowest BCUT2D eigenvalue weighted by atomic mass is 10.1. The maximum atomic E-state index is 7.47. The standard InChI is InChI=1S/C18H16N4O.2ClH/c19-17(20)12-4-1-11(2-5-12)3-7-15-10-14-9-13(18(21)22)6-8-16(14)23-15;;/h1-10H,(H3,19,20)(H3,21,22);2*1H/b7-3+;;. The molecule has 2 aromatic carbocycles. The quantitative estimate of drug-likeness (QED) is 0.407. The van der Waals surface area contributed by atoms with Gasteiger partial charge in [-0.3, -0.25) is 10.8 Å². The number of amidine groups is 2. The van der Waals surface area contributed by atoms with Crippen LogP contribution in [0.15, 0.2) is 52.9 Å². The molecule has 1 heterocycles. The van der Waals surface area contributed by atoms with Gasteiger partial charge in [-0.25, -0.2) is 0 Å². The second-order valence-corrected chi connectivity index (χ2v) is 5.18. The molecule has 0 radical (unpaired) electrons. The third-order valence-electron chi connectivity index (χ3n) is 3.51. The summed E-state index contributed by atoms with van der Waals surface area (Å²) < 4.78 is 5.73. The molecular formula is C18H18Cl2N4O. The molecule has 0 aliphatic heterocycles. The van der Waals surface area contributed by atoms with E-state index in [9.17, 15) is 0 Å². The average Bonchev–Trinajstić information content (AvgIpc) is 2.95. The molecule has 6 N–H and O–H groups in total. The minimum Gasteiger partial charge on any atom is -0.457 e. The van der Waals surface area contributed by atoms with Crippen LogP contribution < -0.4 is 11.5 Å². The Morgan fingerprint density at radius 1 is 0.800 bits per heavy atom. The summed E-state index contributed by atoms with van der Waals surface area (Å²) in [5, 5.41) is 15.7. The van der Waals surface area contributed by atoms with Crippen molar-refractivity contribution in [3.05, 3.63) is 71.0 Å². The zero-order valence-corrected chi connectivity index (χ0v) is 14.8. The Labute approximate surface area is 157 Å². The normalized spacial score (nSPS) is 10.2. The minimum absolute atomic E-state index is 0. The Balaban J connectivity index is 0.00000156. The number of nitrogens with one attached hydrogen (secondary N) is 2. The smallest absolute Gasteiger partial charge is 0.134 e. The van der Waals surface area contributed by atoms with Crippen LogP contribution in [-0.2, 0) is 0 Å². The molecule has 0 fully saturated rings. The van der Waals surface area contributed by atoms with Gasteiger partial charge in [0, 0.05) is 16.5 Å². The van der Waals surface area contributed by atoms with E-state index in [1.54, 1.807) is 18.2 Å². The fourth-order valence-corrected chi connectivity index (χ4v) is 2.27. The molecule has 0 amide bonds. The Morgan fingerprint density at radius 2 is 1.40 bits per heavy atom. The molecule has 0 spiro atoms. The topological polar surface area (TPSA) is 113 Å². The van der Waals surface area contributed by atoms with E-state index in [2.05, 4.69) is 0 Å². The first-order valence-corrected chi connectivity index (χ1v) is 7.03. The molecule has 25 heavy (non-hydrogen) atoms. The van der Waals surface area contributed by atoms with Gasteiger partial charge in [-0.2, -0.15) is 0 Å². The fraction of sp³-hybridized carbons (Fsp3) is 0. The van der Waals surface area contributed by atoms with E-state index in [1.165, 1.54) is 0 Å². The lowest BCUT2D eigenvalue weighted by Gasteiger charge is -1.98. The summed E-state index contributed by atoms with van der Waals surface area (Å²) in [5.41, 5.74) is 14.0. The highest BCUT2D eigenvalue weighted by Gasteiger charge is 2.04. The van der Waals surface area contributed by atoms with Crippen molar-refractivity contribution in [3.8, 4) is 0 Å². The van der Waals surface area contributed by atoms with E-state index >= 15 is 0 Å². The molecule has 3 aromatic rings. The van der Waals surface area contributed by atoms with Crippen LogP contribution >= 0.6 is 24.8 Å². The molecule has 3 rings (SSSR count). The lowest BCUT2D eigenvalue weighted by molar-refractivity contribution is 0.604. The zero-order valence-electron chi connectivity index (χ0n) is 13.2. The SMILES string of the molecule is Cl.Cl.N=C(N)c1ccc(/C=C/c2cc3cc(C(=N)N)ccc3o2)cc1. The van der Waals surface area contributed by atoms with Crippen molar-refractivity contribution >= 4 is 59.6 Å². The molecule has 0 saturated heterocycles. The second kappa shape index (κ2) is 8.37. The maximum absolute atomic E-state index is 7.47. The number of nitrogen functional groups attached to an aromatic ring is 2. The molecule has 130 valence electrons. The highest BCUT2D eigenvalue weighted by molar-refractivity contribution is 5.98. The van der Waals surface area contributed by atoms with E-state index in [0.717, 1.165) is 22.3 Å². The Hall–Kier alpha value is -2.76. The first-order chi connectivity index (χ1) is 11.0. The van der Waals surface area contributed by atoms with Crippen LogP contribution in [0.2, 0.25) is 0 Å². The number of nitrogens with two attached hydrogens (primary N) is 2. The molecule has 0 bridgehead atoms. The summed E-state index contributed by atoms with van der Waals surface area (Å²) in [7, 11) is 0. The number of hydrogen-bond donors (Lipinski definition) is 4. The largest absolute Gasteiger partial charge is 0.457 e. The Morgan fingerprint density at radius 3 is 2.00 bits per heavy atom. The maximum Gasteiger partial charge on any atom is 0.134 e. The number of rotatable bonds is 4. The molecule has 7 heteroatoms. The Kier molecular flexibility index (Phi) is 6.79. The van der Waals surface area contributed by atoms with Crippen LogP contribution in [0.25, 0.3) is 23.1 Å². The van der Waals surface area contributed by atoms with Gasteiger partial charge in [0.2, 0.25) is 0 Å². The highest BCUT2D eigenvalue weighted by Crippen LogP contribution is 2.22. The number of benzene rings is 2. The van der Waals surface area contributed by atoms with Crippen molar-refractivity contribution in [1.29, 1.82) is 10.8 Å². The highest BCUT2D eigenvalue weighted by atomic mass is 35.5. The average molecular weight is 377 g/mol. The summed E-state index contributed by atoms with van der Waals surface area (Å²) in [6, 6.07) is 14.7. The summed E-state index contributed by atoms with van der Waals surface area (Å²) in [5.74, 6) is 0.811. The molecular weight excluding hydrogens is 359 g/mol. The first-order valence-electron chi connectivity index (χ1n) is 7.03. The van der Waals surface area contributed by atoms with Crippen LogP contribution in [0.1, 0.15) is 22.5 Å². The van der Waals surface area contributed by atoms with Crippen molar-refractivity contribution in [2.24, 2.45) is 11.5 Å². The summed E-state index contributed by atoms with van der Waals surface area (Å²) in [6.45, 7) is 0. The third-order valence-corrected chi connectivity index (χ3v) is 3.51. The summed E-state index contributed by atoms with van der Waals surface area (Å²) >= 11 is 0. The van der Waals surface area contributed by atoms with Crippen LogP contribution in [-0.4, -0.2) is 11.7 Å². The van der Waals surface area contributed by atoms with Crippen LogP contribution in [0.5, 0.6) is 0 Å². The van der Waals surface area contributed by atoms with Crippen molar-refractivity contribution in [2.75, 3.05) is 0 Å². The van der Waals surface area contributed by atoms with Crippen molar-refractivity contribution < 1.29 is 4.42 Å². The number of hydrogen-bond acceptors (Lipinski definition) is 3. The van der Waals surface area contributed by atoms with Crippen molar-refractivity contribution in [3.63, 3.8) is 0 Å². The van der Waals surface area contributed by atoms with Gasteiger partial charge in [-0.05, 0) is 35.9 Å². The van der Waals surface area contributed by atoms with E-state index < -0.39 is 0 Å². The van der Waals surface area contributed by atoms with E-state index in [0.29, 0.717) is 11.1 Å². The minimum atomic E-state index is 0. The molecule has 0 atom stereocenters. The lowest BCUT2D eigenvalue weighted by Crippen LogP contribution is -2.10. The summed E-state index contributed by atoms with van der Waals surface area (Å²) in [6.07, 6.45) is 3.80. The molecule has 0 aliphatic carbocycles. The number of furan rings is 1. The van der Waals surface area contributed by atoms with Gasteiger partial charge in [0.25, 0.3) is 0 Å². The van der Waals surface area contributed by atoms with Gasteiger partial charge < -0.3 is 15.9 Å². The van der Waals surface area contributed by atoms with Gasteiger partial charge in [0.15, 0.2) is 0 Å². The van der Waals surface area contributed by atoms with Gasteiger partial charge in [0.05, 0.1) is 0 Å². The van der Waals surface area contributed by atoms with Crippen molar-refractivity contribution in [1.82, 2.24) is 0 Å². The molecule has 0 unspecified atom stereocenters. The zero-order chi connectivity index (χ0) is 16.4. The van der Waals surface area contributed by atoms with Crippen LogP contribution in [0.4, 0.5) is 0 Å². The van der Waals surface area contributed by atoms with Gasteiger partial charge >= 0.3 is 0 Å². The monoisotopic (exact) mass is 376 g/mol. The first kappa shape index (κ1) is 20.3. The van der Waals surface area contributed by atoms with Crippen LogP contribution in [0, 0.1) is 10.8 Å². The number of halogens is 2. The second-order valence-electron chi connectivity index (χ2n) is 5.18. The van der Waals surface area contributed by atoms with Gasteiger partial charge in [-0.15, -0.1) is 24.8 Å². The fourth-order valence-electron chi connectivity index (χ4n) is 2.27. The van der Waals surface area contributed by atoms with Gasteiger partial charge in [-0.1, -0.05) is 30.3 Å². The van der Waals surface area contributed by atoms with E-state index in [4.69, 9.17) is 26.7 Å². The third kappa shape index (κ3) is 4.62. The molecule has 0 saturated carbocycles. The molecule has 1 aromatic heterocycles. The molecule has 0 aliphatic rings. The van der Waals surface area contributed by atoms with Crippen LogP contribution in [0.3, 0.4) is 0 Å². The summed E-state index contributed by atoms with van der Waals surface area (Å²) in [4.78, 5) is 0. The number of fused-ring (bicyclic) bond motifs is 1.